The Morgan fingerprint density at radius 2 is 2.10 bits per heavy atom. The van der Waals surface area contributed by atoms with Gasteiger partial charge in [0.05, 0.1) is 13.2 Å². The lowest BCUT2D eigenvalue weighted by Crippen LogP contribution is -2.15. The van der Waals surface area contributed by atoms with Crippen LogP contribution in [-0.2, 0) is 0 Å². The number of hydrogen-bond acceptors (Lipinski definition) is 2. The molecule has 2 nitrogen and oxygen atoms in total. The second kappa shape index (κ2) is 2.36. The highest BCUT2D eigenvalue weighted by atomic mass is 16.3. The summed E-state index contributed by atoms with van der Waals surface area (Å²) in [6.07, 6.45) is 0.898. The Morgan fingerprint density at radius 3 is 2.20 bits per heavy atom. The van der Waals surface area contributed by atoms with E-state index in [0.29, 0.717) is 5.92 Å². The largest absolute Gasteiger partial charge is 0.396 e. The van der Waals surface area contributed by atoms with Gasteiger partial charge in [0.2, 0.25) is 0 Å². The summed E-state index contributed by atoms with van der Waals surface area (Å²) in [5.41, 5.74) is 0.856. The van der Waals surface area contributed by atoms with Crippen molar-refractivity contribution in [1.29, 1.82) is 0 Å². The Hall–Kier alpha value is -0.340. The predicted octanol–water partition coefficient (Wildman–Crippen LogP) is 0.553. The summed E-state index contributed by atoms with van der Waals surface area (Å²) >= 11 is 0. The normalized spacial score (nSPS) is 28.1. The van der Waals surface area contributed by atoms with Crippen LogP contribution in [0, 0.1) is 11.3 Å². The van der Waals surface area contributed by atoms with Crippen LogP contribution in [0.4, 0.5) is 0 Å². The minimum Gasteiger partial charge on any atom is -0.396 e. The molecule has 1 saturated carbocycles. The molecule has 0 unspecified atom stereocenters. The van der Waals surface area contributed by atoms with Crippen molar-refractivity contribution >= 4 is 0 Å². The zero-order valence-corrected chi connectivity index (χ0v) is 6.30. The maximum atomic E-state index is 8.87. The number of aliphatic hydroxyl groups excluding tert-OH is 2. The van der Waals surface area contributed by atoms with Gasteiger partial charge in [0, 0.05) is 5.41 Å². The van der Waals surface area contributed by atoms with E-state index < -0.39 is 0 Å². The maximum Gasteiger partial charge on any atom is 0.0515 e. The summed E-state index contributed by atoms with van der Waals surface area (Å²) < 4.78 is 0. The molecule has 0 heterocycles. The Kier molecular flexibility index (Phi) is 1.84. The molecule has 0 aromatic heterocycles. The molecule has 0 radical (unpaired) electrons. The molecule has 1 atom stereocenters. The first kappa shape index (κ1) is 7.76. The van der Waals surface area contributed by atoms with Crippen molar-refractivity contribution in [3.05, 3.63) is 12.2 Å². The van der Waals surface area contributed by atoms with Gasteiger partial charge in [-0.25, -0.2) is 0 Å². The van der Waals surface area contributed by atoms with Gasteiger partial charge in [0.25, 0.3) is 0 Å². The van der Waals surface area contributed by atoms with Crippen molar-refractivity contribution in [2.24, 2.45) is 11.3 Å². The molecule has 2 N–H and O–H groups in total. The lowest BCUT2D eigenvalue weighted by Gasteiger charge is -2.08. The molecule has 1 aliphatic rings. The first-order valence-electron chi connectivity index (χ1n) is 3.53. The smallest absolute Gasteiger partial charge is 0.0515 e. The summed E-state index contributed by atoms with van der Waals surface area (Å²) in [5, 5.41) is 17.7. The van der Waals surface area contributed by atoms with Gasteiger partial charge in [-0.3, -0.25) is 0 Å². The highest BCUT2D eigenvalue weighted by molar-refractivity contribution is 5.17. The van der Waals surface area contributed by atoms with E-state index in [4.69, 9.17) is 10.2 Å². The minimum atomic E-state index is -0.216. The van der Waals surface area contributed by atoms with Crippen LogP contribution in [0.15, 0.2) is 12.2 Å². The average Bonchev–Trinajstić information content (AvgIpc) is 2.63. The molecule has 58 valence electrons. The van der Waals surface area contributed by atoms with E-state index >= 15 is 0 Å². The summed E-state index contributed by atoms with van der Waals surface area (Å²) in [4.78, 5) is 0. The van der Waals surface area contributed by atoms with Gasteiger partial charge in [-0.2, -0.15) is 0 Å². The first-order chi connectivity index (χ1) is 4.66. The molecule has 0 aliphatic heterocycles. The van der Waals surface area contributed by atoms with Crippen molar-refractivity contribution in [2.75, 3.05) is 13.2 Å². The minimum absolute atomic E-state index is 0.0844. The molecule has 0 saturated heterocycles. The zero-order chi connectivity index (χ0) is 7.78. The van der Waals surface area contributed by atoms with Crippen LogP contribution in [-0.4, -0.2) is 23.4 Å². The maximum absolute atomic E-state index is 8.87. The average molecular weight is 142 g/mol. The Labute approximate surface area is 61.2 Å². The highest BCUT2D eigenvalue weighted by Gasteiger charge is 2.53. The van der Waals surface area contributed by atoms with Crippen molar-refractivity contribution in [3.8, 4) is 0 Å². The first-order valence-corrected chi connectivity index (χ1v) is 3.53. The third-order valence-electron chi connectivity index (χ3n) is 2.41. The van der Waals surface area contributed by atoms with Crippen molar-refractivity contribution in [2.45, 2.75) is 13.3 Å². The standard InChI is InChI=1S/C8H14O2/c1-6(2)7-3-8(7,4-9)5-10/h7,9-10H,1,3-5H2,2H3/t7-/m1/s1. The molecule has 2 heteroatoms. The number of aliphatic hydroxyl groups is 2. The van der Waals surface area contributed by atoms with E-state index in [0.717, 1.165) is 12.0 Å². The molecular formula is C8H14O2. The molecular weight excluding hydrogens is 128 g/mol. The third kappa shape index (κ3) is 0.976. The topological polar surface area (TPSA) is 40.5 Å². The van der Waals surface area contributed by atoms with E-state index in [-0.39, 0.29) is 18.6 Å². The lowest BCUT2D eigenvalue weighted by molar-refractivity contribution is 0.125. The summed E-state index contributed by atoms with van der Waals surface area (Å²) in [5.74, 6) is 0.350. The van der Waals surface area contributed by atoms with Crippen molar-refractivity contribution in [1.82, 2.24) is 0 Å². The SMILES string of the molecule is C=C(C)[C@H]1CC1(CO)CO. The summed E-state index contributed by atoms with van der Waals surface area (Å²) in [6, 6.07) is 0. The van der Waals surface area contributed by atoms with Crippen LogP contribution in [0.3, 0.4) is 0 Å². The highest BCUT2D eigenvalue weighted by Crippen LogP contribution is 2.55. The second-order valence-corrected chi connectivity index (χ2v) is 3.28. The van der Waals surface area contributed by atoms with Crippen LogP contribution in [0.2, 0.25) is 0 Å². The molecule has 1 rings (SSSR count). The van der Waals surface area contributed by atoms with E-state index in [1.54, 1.807) is 0 Å². The van der Waals surface area contributed by atoms with Gasteiger partial charge in [-0.1, -0.05) is 12.2 Å². The third-order valence-corrected chi connectivity index (χ3v) is 2.41. The number of hydrogen-bond donors (Lipinski definition) is 2. The van der Waals surface area contributed by atoms with Gasteiger partial charge in [0.1, 0.15) is 0 Å². The van der Waals surface area contributed by atoms with Crippen molar-refractivity contribution in [3.63, 3.8) is 0 Å². The van der Waals surface area contributed by atoms with E-state index in [1.165, 1.54) is 0 Å². The van der Waals surface area contributed by atoms with E-state index in [1.807, 2.05) is 6.92 Å². The monoisotopic (exact) mass is 142 g/mol. The van der Waals surface area contributed by atoms with Crippen LogP contribution in [0.5, 0.6) is 0 Å². The van der Waals surface area contributed by atoms with Crippen LogP contribution in [0.25, 0.3) is 0 Å². The molecule has 0 aromatic rings. The molecule has 0 spiro atoms. The Bertz CT molecular complexity index is 147. The molecule has 0 amide bonds. The molecule has 0 bridgehead atoms. The van der Waals surface area contributed by atoms with Crippen LogP contribution >= 0.6 is 0 Å². The van der Waals surface area contributed by atoms with Crippen LogP contribution < -0.4 is 0 Å². The number of rotatable bonds is 3. The van der Waals surface area contributed by atoms with Gasteiger partial charge < -0.3 is 10.2 Å². The fourth-order valence-electron chi connectivity index (χ4n) is 1.44. The Balaban J connectivity index is 2.53. The Morgan fingerprint density at radius 1 is 1.60 bits per heavy atom. The summed E-state index contributed by atoms with van der Waals surface area (Å²) in [6.45, 7) is 5.90. The molecule has 1 aliphatic carbocycles. The quantitative estimate of drug-likeness (QED) is 0.565. The molecule has 1 fully saturated rings. The molecule has 10 heavy (non-hydrogen) atoms. The van der Waals surface area contributed by atoms with Gasteiger partial charge in [0.15, 0.2) is 0 Å². The van der Waals surface area contributed by atoms with E-state index in [2.05, 4.69) is 6.58 Å². The predicted molar refractivity (Wildman–Crippen MR) is 39.5 cm³/mol. The fraction of sp³-hybridized carbons (Fsp3) is 0.750. The van der Waals surface area contributed by atoms with Gasteiger partial charge in [-0.15, -0.1) is 0 Å². The molecule has 0 aromatic carbocycles. The van der Waals surface area contributed by atoms with E-state index in [9.17, 15) is 0 Å². The van der Waals surface area contributed by atoms with Gasteiger partial charge in [-0.05, 0) is 19.3 Å². The zero-order valence-electron chi connectivity index (χ0n) is 6.30. The number of allylic oxidation sites excluding steroid dienone is 1. The lowest BCUT2D eigenvalue weighted by atomic mass is 10.0. The second-order valence-electron chi connectivity index (χ2n) is 3.28. The fourth-order valence-corrected chi connectivity index (χ4v) is 1.44. The van der Waals surface area contributed by atoms with Gasteiger partial charge >= 0.3 is 0 Å². The van der Waals surface area contributed by atoms with Crippen LogP contribution in [0.1, 0.15) is 13.3 Å². The van der Waals surface area contributed by atoms with Crippen molar-refractivity contribution < 1.29 is 10.2 Å². The summed E-state index contributed by atoms with van der Waals surface area (Å²) in [7, 11) is 0.